The molecule has 5 rings (SSSR count). The summed E-state index contributed by atoms with van der Waals surface area (Å²) in [5, 5.41) is 10.0. The lowest BCUT2D eigenvalue weighted by Crippen LogP contribution is -2.39. The second-order valence-electron chi connectivity index (χ2n) is 9.08. The summed E-state index contributed by atoms with van der Waals surface area (Å²) in [5.74, 6) is 0.832. The highest BCUT2D eigenvalue weighted by molar-refractivity contribution is 7.99. The Morgan fingerprint density at radius 1 is 1.06 bits per heavy atom. The zero-order valence-corrected chi connectivity index (χ0v) is 20.6. The van der Waals surface area contributed by atoms with Crippen LogP contribution in [0.4, 0.5) is 0 Å². The van der Waals surface area contributed by atoms with Crippen LogP contribution in [-0.2, 0) is 4.79 Å². The zero-order chi connectivity index (χ0) is 23.8. The van der Waals surface area contributed by atoms with Gasteiger partial charge in [0, 0.05) is 13.1 Å². The number of thioether (sulfide) groups is 1. The average Bonchev–Trinajstić information content (AvgIpc) is 3.29. The quantitative estimate of drug-likeness (QED) is 0.397. The fourth-order valence-corrected chi connectivity index (χ4v) is 5.73. The van der Waals surface area contributed by atoms with Crippen LogP contribution in [0.3, 0.4) is 0 Å². The normalized spacial score (nSPS) is 14.7. The summed E-state index contributed by atoms with van der Waals surface area (Å²) in [5.41, 5.74) is 3.51. The number of carbonyl (C=O) groups excluding carboxylic acids is 1. The molecule has 1 saturated carbocycles. The van der Waals surface area contributed by atoms with E-state index in [1.54, 1.807) is 4.57 Å². The maximum absolute atomic E-state index is 13.6. The van der Waals surface area contributed by atoms with Gasteiger partial charge in [0.05, 0.1) is 22.3 Å². The topological polar surface area (TPSA) is 72.5 Å². The first-order chi connectivity index (χ1) is 16.5. The number of rotatable bonds is 5. The van der Waals surface area contributed by atoms with Crippen LogP contribution < -0.4 is 5.56 Å². The van der Waals surface area contributed by atoms with E-state index in [4.69, 9.17) is 0 Å². The van der Waals surface area contributed by atoms with E-state index in [2.05, 4.69) is 10.2 Å². The van der Waals surface area contributed by atoms with E-state index in [1.165, 1.54) is 31.0 Å². The molecule has 0 unspecified atom stereocenters. The SMILES string of the molecule is Cc1cccc(-n2c(=O)c3ccccc3n3c(SCC(=O)N(C)C4CCCCC4)nnc23)c1C. The van der Waals surface area contributed by atoms with Gasteiger partial charge in [0.25, 0.3) is 5.56 Å². The average molecular weight is 476 g/mol. The summed E-state index contributed by atoms with van der Waals surface area (Å²) in [6.45, 7) is 4.04. The number of benzene rings is 2. The molecule has 8 heteroatoms. The first-order valence-corrected chi connectivity index (χ1v) is 12.8. The first kappa shape index (κ1) is 22.7. The van der Waals surface area contributed by atoms with Gasteiger partial charge >= 0.3 is 0 Å². The summed E-state index contributed by atoms with van der Waals surface area (Å²) in [4.78, 5) is 28.4. The van der Waals surface area contributed by atoms with Crippen molar-refractivity contribution in [3.63, 3.8) is 0 Å². The van der Waals surface area contributed by atoms with Crippen molar-refractivity contribution in [2.45, 2.75) is 57.1 Å². The Labute approximate surface area is 202 Å². The fraction of sp³-hybridized carbons (Fsp3) is 0.385. The monoisotopic (exact) mass is 475 g/mol. The van der Waals surface area contributed by atoms with E-state index < -0.39 is 0 Å². The standard InChI is InChI=1S/C26H29N5O2S/c1-17-10-9-15-21(18(17)2)30-24(33)20-13-7-8-14-22(20)31-25(30)27-28-26(31)34-16-23(32)29(3)19-11-5-4-6-12-19/h7-10,13-15,19H,4-6,11-12,16H2,1-3H3. The highest BCUT2D eigenvalue weighted by Crippen LogP contribution is 2.26. The molecule has 0 N–H and O–H groups in total. The van der Waals surface area contributed by atoms with Crippen LogP contribution in [0.5, 0.6) is 0 Å². The maximum atomic E-state index is 13.6. The molecule has 2 aromatic heterocycles. The molecule has 0 spiro atoms. The predicted molar refractivity (Wildman–Crippen MR) is 136 cm³/mol. The lowest BCUT2D eigenvalue weighted by molar-refractivity contribution is -0.129. The van der Waals surface area contributed by atoms with Gasteiger partial charge in [-0.15, -0.1) is 10.2 Å². The molecule has 0 bridgehead atoms. The molecule has 0 aliphatic heterocycles. The second-order valence-corrected chi connectivity index (χ2v) is 10.0. The minimum atomic E-state index is -0.131. The number of para-hydroxylation sites is 1. The van der Waals surface area contributed by atoms with Crippen LogP contribution in [0, 0.1) is 13.8 Å². The number of amides is 1. The maximum Gasteiger partial charge on any atom is 0.267 e. The zero-order valence-electron chi connectivity index (χ0n) is 19.8. The van der Waals surface area contributed by atoms with Crippen LogP contribution in [0.2, 0.25) is 0 Å². The number of aromatic nitrogens is 4. The molecular formula is C26H29N5O2S. The number of nitrogens with zero attached hydrogens (tertiary/aromatic N) is 5. The summed E-state index contributed by atoms with van der Waals surface area (Å²) < 4.78 is 3.54. The minimum Gasteiger partial charge on any atom is -0.342 e. The highest BCUT2D eigenvalue weighted by atomic mass is 32.2. The fourth-order valence-electron chi connectivity index (χ4n) is 4.87. The van der Waals surface area contributed by atoms with E-state index in [0.29, 0.717) is 22.4 Å². The largest absolute Gasteiger partial charge is 0.342 e. The van der Waals surface area contributed by atoms with Gasteiger partial charge in [-0.1, -0.05) is 55.3 Å². The highest BCUT2D eigenvalue weighted by Gasteiger charge is 2.24. The van der Waals surface area contributed by atoms with Gasteiger partial charge in [0.2, 0.25) is 11.7 Å². The van der Waals surface area contributed by atoms with Gasteiger partial charge in [0.1, 0.15) is 0 Å². The lowest BCUT2D eigenvalue weighted by atomic mass is 9.94. The van der Waals surface area contributed by atoms with Crippen LogP contribution in [0.1, 0.15) is 43.2 Å². The summed E-state index contributed by atoms with van der Waals surface area (Å²) in [7, 11) is 1.91. The van der Waals surface area contributed by atoms with Gasteiger partial charge in [-0.05, 0) is 56.0 Å². The number of hydrogen-bond acceptors (Lipinski definition) is 5. The van der Waals surface area contributed by atoms with Crippen LogP contribution in [0.15, 0.2) is 52.4 Å². The Kier molecular flexibility index (Phi) is 6.16. The second kappa shape index (κ2) is 9.25. The van der Waals surface area contributed by atoms with Crippen LogP contribution >= 0.6 is 11.8 Å². The van der Waals surface area contributed by atoms with Crippen molar-refractivity contribution in [2.24, 2.45) is 0 Å². The molecule has 0 radical (unpaired) electrons. The van der Waals surface area contributed by atoms with Gasteiger partial charge in [-0.2, -0.15) is 0 Å². The molecule has 1 amide bonds. The number of fused-ring (bicyclic) bond motifs is 3. The van der Waals surface area contributed by atoms with Crippen molar-refractivity contribution in [1.82, 2.24) is 24.1 Å². The van der Waals surface area contributed by atoms with Gasteiger partial charge in [-0.25, -0.2) is 4.57 Å². The molecule has 0 atom stereocenters. The summed E-state index contributed by atoms with van der Waals surface area (Å²) in [6, 6.07) is 13.7. The molecule has 0 saturated heterocycles. The molecule has 2 heterocycles. The number of hydrogen-bond donors (Lipinski definition) is 0. The van der Waals surface area contributed by atoms with E-state index in [9.17, 15) is 9.59 Å². The van der Waals surface area contributed by atoms with E-state index in [1.807, 2.05) is 72.7 Å². The third-order valence-electron chi connectivity index (χ3n) is 7.05. The third-order valence-corrected chi connectivity index (χ3v) is 7.97. The molecule has 2 aromatic carbocycles. The molecule has 34 heavy (non-hydrogen) atoms. The van der Waals surface area contributed by atoms with Gasteiger partial charge in [-0.3, -0.25) is 14.0 Å². The molecular weight excluding hydrogens is 446 g/mol. The Balaban J connectivity index is 1.57. The minimum absolute atomic E-state index is 0.0980. The summed E-state index contributed by atoms with van der Waals surface area (Å²) in [6.07, 6.45) is 5.79. The van der Waals surface area contributed by atoms with Gasteiger partial charge in [0.15, 0.2) is 5.16 Å². The Hall–Kier alpha value is -3.13. The van der Waals surface area contributed by atoms with Crippen molar-refractivity contribution in [3.8, 4) is 5.69 Å². The lowest BCUT2D eigenvalue weighted by Gasteiger charge is -2.31. The molecule has 1 fully saturated rings. The Morgan fingerprint density at radius 2 is 1.82 bits per heavy atom. The Morgan fingerprint density at radius 3 is 2.62 bits per heavy atom. The molecule has 7 nitrogen and oxygen atoms in total. The van der Waals surface area contributed by atoms with Crippen molar-refractivity contribution in [2.75, 3.05) is 12.8 Å². The Bertz CT molecular complexity index is 1430. The van der Waals surface area contributed by atoms with Crippen molar-refractivity contribution >= 4 is 34.3 Å². The number of aryl methyl sites for hydroxylation is 1. The molecule has 1 aliphatic rings. The van der Waals surface area contributed by atoms with Crippen LogP contribution in [-0.4, -0.2) is 48.8 Å². The van der Waals surface area contributed by atoms with E-state index in [0.717, 1.165) is 35.2 Å². The molecule has 176 valence electrons. The van der Waals surface area contributed by atoms with Crippen molar-refractivity contribution in [3.05, 3.63) is 63.9 Å². The van der Waals surface area contributed by atoms with Crippen molar-refractivity contribution < 1.29 is 4.79 Å². The first-order valence-electron chi connectivity index (χ1n) is 11.8. The van der Waals surface area contributed by atoms with Crippen molar-refractivity contribution in [1.29, 1.82) is 0 Å². The van der Waals surface area contributed by atoms with Gasteiger partial charge < -0.3 is 4.90 Å². The molecule has 4 aromatic rings. The number of carbonyl (C=O) groups is 1. The predicted octanol–water partition coefficient (Wildman–Crippen LogP) is 4.53. The third kappa shape index (κ3) is 3.90. The molecule has 1 aliphatic carbocycles. The van der Waals surface area contributed by atoms with Crippen LogP contribution in [0.25, 0.3) is 22.4 Å². The summed E-state index contributed by atoms with van der Waals surface area (Å²) >= 11 is 1.37. The van der Waals surface area contributed by atoms with E-state index >= 15 is 0 Å². The van der Waals surface area contributed by atoms with E-state index in [-0.39, 0.29) is 17.2 Å². The smallest absolute Gasteiger partial charge is 0.267 e.